The molecule has 0 aliphatic carbocycles. The van der Waals surface area contributed by atoms with Crippen molar-refractivity contribution in [3.63, 3.8) is 0 Å². The molecular formula is C16H21NO3S. The molecule has 2 N–H and O–H groups in total. The van der Waals surface area contributed by atoms with Crippen LogP contribution >= 0.6 is 0 Å². The molecule has 2 aromatic rings. The number of rotatable bonds is 4. The minimum atomic E-state index is -3.74. The van der Waals surface area contributed by atoms with Crippen molar-refractivity contribution in [3.8, 4) is 0 Å². The first kappa shape index (κ1) is 15.9. The summed E-state index contributed by atoms with van der Waals surface area (Å²) in [5.74, 6) is 0. The van der Waals surface area contributed by atoms with Crippen molar-refractivity contribution in [1.29, 1.82) is 0 Å². The highest BCUT2D eigenvalue weighted by atomic mass is 32.2. The predicted octanol–water partition coefficient (Wildman–Crippen LogP) is 2.67. The predicted molar refractivity (Wildman–Crippen MR) is 84.6 cm³/mol. The van der Waals surface area contributed by atoms with Crippen LogP contribution in [0.2, 0.25) is 0 Å². The fourth-order valence-electron chi connectivity index (χ4n) is 1.95. The molecule has 0 aromatic heterocycles. The Kier molecular flexibility index (Phi) is 3.86. The zero-order valence-corrected chi connectivity index (χ0v) is 13.5. The van der Waals surface area contributed by atoms with Gasteiger partial charge in [-0.2, -0.15) is 0 Å². The minimum Gasteiger partial charge on any atom is -0.389 e. The topological polar surface area (TPSA) is 66.4 Å². The van der Waals surface area contributed by atoms with E-state index >= 15 is 0 Å². The van der Waals surface area contributed by atoms with Gasteiger partial charge in [-0.25, -0.2) is 13.1 Å². The smallest absolute Gasteiger partial charge is 0.241 e. The summed E-state index contributed by atoms with van der Waals surface area (Å²) < 4.78 is 28.0. The fraction of sp³-hybridized carbons (Fsp3) is 0.375. The minimum absolute atomic E-state index is 0.220. The van der Waals surface area contributed by atoms with Crippen molar-refractivity contribution < 1.29 is 13.5 Å². The van der Waals surface area contributed by atoms with E-state index < -0.39 is 21.2 Å². The van der Waals surface area contributed by atoms with Gasteiger partial charge in [-0.15, -0.1) is 0 Å². The van der Waals surface area contributed by atoms with Gasteiger partial charge in [0.1, 0.15) is 0 Å². The zero-order valence-electron chi connectivity index (χ0n) is 12.7. The lowest BCUT2D eigenvalue weighted by Gasteiger charge is -2.37. The van der Waals surface area contributed by atoms with Crippen molar-refractivity contribution >= 4 is 20.8 Å². The largest absolute Gasteiger partial charge is 0.389 e. The van der Waals surface area contributed by atoms with Crippen molar-refractivity contribution in [2.45, 2.75) is 43.7 Å². The lowest BCUT2D eigenvalue weighted by molar-refractivity contribution is 0.00639. The second-order valence-electron chi connectivity index (χ2n) is 6.27. The van der Waals surface area contributed by atoms with E-state index in [0.29, 0.717) is 5.39 Å². The van der Waals surface area contributed by atoms with Crippen LogP contribution in [0.25, 0.3) is 10.8 Å². The van der Waals surface area contributed by atoms with Gasteiger partial charge < -0.3 is 5.11 Å². The number of benzene rings is 2. The standard InChI is InChI=1S/C16H21NO3S/c1-15(2,16(3,4)18)17-21(19,20)14-11-7-9-12-8-5-6-10-13(12)14/h5-11,17-18H,1-4H3. The van der Waals surface area contributed by atoms with Crippen LogP contribution in [0.3, 0.4) is 0 Å². The monoisotopic (exact) mass is 307 g/mol. The first-order valence-corrected chi connectivity index (χ1v) is 8.27. The van der Waals surface area contributed by atoms with E-state index in [1.165, 1.54) is 0 Å². The number of hydrogen-bond acceptors (Lipinski definition) is 3. The van der Waals surface area contributed by atoms with E-state index in [1.54, 1.807) is 45.9 Å². The molecule has 21 heavy (non-hydrogen) atoms. The summed E-state index contributed by atoms with van der Waals surface area (Å²) in [6.45, 7) is 6.49. The first-order valence-electron chi connectivity index (χ1n) is 6.79. The van der Waals surface area contributed by atoms with Gasteiger partial charge in [0.15, 0.2) is 0 Å². The normalized spacial score (nSPS) is 13.6. The Bertz CT molecular complexity index is 753. The Labute approximate surface area is 125 Å². The molecule has 0 aliphatic rings. The number of fused-ring (bicyclic) bond motifs is 1. The van der Waals surface area contributed by atoms with E-state index in [0.717, 1.165) is 5.39 Å². The van der Waals surface area contributed by atoms with Crippen LogP contribution in [0.5, 0.6) is 0 Å². The number of nitrogens with one attached hydrogen (secondary N) is 1. The van der Waals surface area contributed by atoms with Gasteiger partial charge in [0.25, 0.3) is 0 Å². The Morgan fingerprint density at radius 3 is 2.14 bits per heavy atom. The highest BCUT2D eigenvalue weighted by Crippen LogP contribution is 2.27. The summed E-state index contributed by atoms with van der Waals surface area (Å²) >= 11 is 0. The maximum Gasteiger partial charge on any atom is 0.241 e. The molecule has 0 aliphatic heterocycles. The molecule has 0 bridgehead atoms. The van der Waals surface area contributed by atoms with Crippen LogP contribution < -0.4 is 4.72 Å². The molecule has 0 unspecified atom stereocenters. The maximum atomic E-state index is 12.7. The molecule has 114 valence electrons. The quantitative estimate of drug-likeness (QED) is 0.912. The van der Waals surface area contributed by atoms with E-state index in [2.05, 4.69) is 4.72 Å². The van der Waals surface area contributed by atoms with Gasteiger partial charge in [0.2, 0.25) is 10.0 Å². The third-order valence-electron chi connectivity index (χ3n) is 3.96. The fourth-order valence-corrected chi connectivity index (χ4v) is 3.71. The van der Waals surface area contributed by atoms with Gasteiger partial charge in [0, 0.05) is 5.39 Å². The number of sulfonamides is 1. The van der Waals surface area contributed by atoms with E-state index in [4.69, 9.17) is 0 Å². The van der Waals surface area contributed by atoms with E-state index in [9.17, 15) is 13.5 Å². The lowest BCUT2D eigenvalue weighted by Crippen LogP contribution is -2.57. The Balaban J connectivity index is 2.54. The molecule has 4 nitrogen and oxygen atoms in total. The SMILES string of the molecule is CC(C)(O)C(C)(C)NS(=O)(=O)c1cccc2ccccc12. The van der Waals surface area contributed by atoms with Gasteiger partial charge >= 0.3 is 0 Å². The summed E-state index contributed by atoms with van der Waals surface area (Å²) in [4.78, 5) is 0.220. The van der Waals surface area contributed by atoms with Gasteiger partial charge in [-0.05, 0) is 39.1 Å². The first-order chi connectivity index (χ1) is 9.55. The molecule has 0 saturated heterocycles. The van der Waals surface area contributed by atoms with E-state index in [1.807, 2.05) is 24.3 Å². The van der Waals surface area contributed by atoms with Crippen LogP contribution in [0, 0.1) is 0 Å². The molecule has 2 rings (SSSR count). The maximum absolute atomic E-state index is 12.7. The zero-order chi connectivity index (χ0) is 15.9. The molecule has 0 spiro atoms. The Morgan fingerprint density at radius 2 is 1.52 bits per heavy atom. The number of aliphatic hydroxyl groups is 1. The second-order valence-corrected chi connectivity index (χ2v) is 7.92. The average molecular weight is 307 g/mol. The van der Waals surface area contributed by atoms with Crippen LogP contribution in [-0.4, -0.2) is 24.7 Å². The molecule has 0 saturated carbocycles. The van der Waals surface area contributed by atoms with Crippen LogP contribution in [0.1, 0.15) is 27.7 Å². The molecule has 2 aromatic carbocycles. The van der Waals surface area contributed by atoms with Crippen molar-refractivity contribution in [2.24, 2.45) is 0 Å². The average Bonchev–Trinajstić information content (AvgIpc) is 2.35. The number of hydrogen-bond donors (Lipinski definition) is 2. The summed E-state index contributed by atoms with van der Waals surface area (Å²) in [6, 6.07) is 12.5. The lowest BCUT2D eigenvalue weighted by atomic mass is 9.87. The molecular weight excluding hydrogens is 286 g/mol. The van der Waals surface area contributed by atoms with Crippen molar-refractivity contribution in [2.75, 3.05) is 0 Å². The third-order valence-corrected chi connectivity index (χ3v) is 5.67. The van der Waals surface area contributed by atoms with Gasteiger partial charge in [-0.1, -0.05) is 36.4 Å². The summed E-state index contributed by atoms with van der Waals surface area (Å²) in [5.41, 5.74) is -2.19. The summed E-state index contributed by atoms with van der Waals surface area (Å²) in [5, 5.41) is 11.7. The van der Waals surface area contributed by atoms with Crippen molar-refractivity contribution in [3.05, 3.63) is 42.5 Å². The van der Waals surface area contributed by atoms with Crippen molar-refractivity contribution in [1.82, 2.24) is 4.72 Å². The summed E-state index contributed by atoms with van der Waals surface area (Å²) in [6.07, 6.45) is 0. The van der Waals surface area contributed by atoms with Crippen LogP contribution in [0.4, 0.5) is 0 Å². The molecule has 0 atom stereocenters. The molecule has 0 heterocycles. The van der Waals surface area contributed by atoms with Gasteiger partial charge in [0.05, 0.1) is 16.0 Å². The Hall–Kier alpha value is -1.43. The Morgan fingerprint density at radius 1 is 0.952 bits per heavy atom. The van der Waals surface area contributed by atoms with Gasteiger partial charge in [-0.3, -0.25) is 0 Å². The molecule has 0 amide bonds. The third kappa shape index (κ3) is 3.10. The molecule has 0 fully saturated rings. The van der Waals surface area contributed by atoms with E-state index in [-0.39, 0.29) is 4.90 Å². The molecule has 5 heteroatoms. The molecule has 0 radical (unpaired) electrons. The van der Waals surface area contributed by atoms with Crippen LogP contribution in [-0.2, 0) is 10.0 Å². The second kappa shape index (κ2) is 5.09. The highest BCUT2D eigenvalue weighted by Gasteiger charge is 2.39. The highest BCUT2D eigenvalue weighted by molar-refractivity contribution is 7.89. The van der Waals surface area contributed by atoms with Crippen LogP contribution in [0.15, 0.2) is 47.4 Å². The summed E-state index contributed by atoms with van der Waals surface area (Å²) in [7, 11) is -3.74.